The van der Waals surface area contributed by atoms with Crippen LogP contribution in [0.4, 0.5) is 0 Å². The Balaban J connectivity index is 1.57. The van der Waals surface area contributed by atoms with Crippen molar-refractivity contribution in [2.45, 2.75) is 50.5 Å². The number of hydrogen-bond acceptors (Lipinski definition) is 4. The summed E-state index contributed by atoms with van der Waals surface area (Å²) in [7, 11) is 0. The highest BCUT2D eigenvalue weighted by Gasteiger charge is 2.37. The summed E-state index contributed by atoms with van der Waals surface area (Å²) < 4.78 is 5.34. The molecule has 3 N–H and O–H groups in total. The van der Waals surface area contributed by atoms with Gasteiger partial charge in [0.2, 0.25) is 0 Å². The molecule has 0 spiro atoms. The van der Waals surface area contributed by atoms with Crippen molar-refractivity contribution >= 4 is 5.97 Å². The van der Waals surface area contributed by atoms with Crippen LogP contribution in [0, 0.1) is 5.92 Å². The van der Waals surface area contributed by atoms with Gasteiger partial charge in [0.1, 0.15) is 11.5 Å². The molecule has 0 saturated heterocycles. The van der Waals surface area contributed by atoms with Crippen LogP contribution in [-0.2, 0) is 10.3 Å². The highest BCUT2D eigenvalue weighted by molar-refractivity contribution is 5.87. The maximum Gasteiger partial charge on any atom is 0.356 e. The molecule has 0 unspecified atom stereocenters. The van der Waals surface area contributed by atoms with E-state index >= 15 is 0 Å². The van der Waals surface area contributed by atoms with Gasteiger partial charge >= 0.3 is 5.97 Å². The first-order valence-electron chi connectivity index (χ1n) is 7.19. The second kappa shape index (κ2) is 4.96. The van der Waals surface area contributed by atoms with Gasteiger partial charge in [-0.3, -0.25) is 0 Å². The molecule has 2 aliphatic rings. The Bertz CT molecular complexity index is 459. The van der Waals surface area contributed by atoms with Crippen LogP contribution in [-0.4, -0.2) is 22.5 Å². The first-order valence-corrected chi connectivity index (χ1v) is 7.19. The van der Waals surface area contributed by atoms with E-state index in [1.165, 1.54) is 25.7 Å². The molecule has 1 heterocycles. The predicted octanol–water partition coefficient (Wildman–Crippen LogP) is 2.09. The second-order valence-electron chi connectivity index (χ2n) is 5.90. The molecule has 0 aliphatic heterocycles. The molecule has 0 aromatic carbocycles. The normalized spacial score (nSPS) is 22.2. The molecule has 2 saturated carbocycles. The van der Waals surface area contributed by atoms with Gasteiger partial charge in [-0.05, 0) is 38.0 Å². The number of carbonyl (C=O) groups excluding carboxylic acids is 1. The van der Waals surface area contributed by atoms with Gasteiger partial charge in [0.05, 0.1) is 18.3 Å². The number of ether oxygens (including phenoxy) is 1. The third kappa shape index (κ3) is 2.52. The van der Waals surface area contributed by atoms with E-state index in [1.807, 2.05) is 0 Å². The Labute approximate surface area is 112 Å². The SMILES string of the molecule is NC1(c2ncc(C(=O)OCC3CCCC3)[nH]2)CCC1. The molecule has 19 heavy (non-hydrogen) atoms. The quantitative estimate of drug-likeness (QED) is 0.815. The van der Waals surface area contributed by atoms with E-state index in [0.29, 0.717) is 24.0 Å². The van der Waals surface area contributed by atoms with Gasteiger partial charge in [-0.1, -0.05) is 12.8 Å². The van der Waals surface area contributed by atoms with Gasteiger partial charge in [-0.2, -0.15) is 0 Å². The van der Waals surface area contributed by atoms with Gasteiger partial charge in [0.15, 0.2) is 0 Å². The summed E-state index contributed by atoms with van der Waals surface area (Å²) in [5, 5.41) is 0. The zero-order chi connectivity index (χ0) is 13.3. The molecule has 0 amide bonds. The Morgan fingerprint density at radius 2 is 2.16 bits per heavy atom. The van der Waals surface area contributed by atoms with Crippen LogP contribution in [0.1, 0.15) is 61.3 Å². The van der Waals surface area contributed by atoms with Gasteiger partial charge in [-0.15, -0.1) is 0 Å². The third-order valence-electron chi connectivity index (χ3n) is 4.44. The van der Waals surface area contributed by atoms with Gasteiger partial charge in [0, 0.05) is 0 Å². The van der Waals surface area contributed by atoms with Crippen molar-refractivity contribution in [1.82, 2.24) is 9.97 Å². The standard InChI is InChI=1S/C14H21N3O2/c15-14(6-3-7-14)13-16-8-11(17-13)12(18)19-9-10-4-1-2-5-10/h8,10H,1-7,9,15H2,(H,16,17). The molecule has 0 atom stereocenters. The monoisotopic (exact) mass is 263 g/mol. The molecule has 5 heteroatoms. The summed E-state index contributed by atoms with van der Waals surface area (Å²) in [6.07, 6.45) is 9.38. The number of aromatic amines is 1. The average molecular weight is 263 g/mol. The lowest BCUT2D eigenvalue weighted by Gasteiger charge is -2.35. The predicted molar refractivity (Wildman–Crippen MR) is 70.5 cm³/mol. The number of nitrogens with two attached hydrogens (primary N) is 1. The number of H-pyrrole nitrogens is 1. The van der Waals surface area contributed by atoms with Crippen LogP contribution in [0.15, 0.2) is 6.20 Å². The Kier molecular flexibility index (Phi) is 3.31. The van der Waals surface area contributed by atoms with Crippen molar-refractivity contribution in [3.63, 3.8) is 0 Å². The van der Waals surface area contributed by atoms with Crippen LogP contribution in [0.3, 0.4) is 0 Å². The van der Waals surface area contributed by atoms with Crippen LogP contribution < -0.4 is 5.73 Å². The fraction of sp³-hybridized carbons (Fsp3) is 0.714. The van der Waals surface area contributed by atoms with E-state index in [0.717, 1.165) is 19.3 Å². The van der Waals surface area contributed by atoms with Crippen LogP contribution in [0.5, 0.6) is 0 Å². The zero-order valence-corrected chi connectivity index (χ0v) is 11.2. The molecular weight excluding hydrogens is 242 g/mol. The second-order valence-corrected chi connectivity index (χ2v) is 5.90. The fourth-order valence-corrected chi connectivity index (χ4v) is 2.92. The molecule has 2 fully saturated rings. The van der Waals surface area contributed by atoms with E-state index in [-0.39, 0.29) is 11.5 Å². The molecule has 1 aromatic heterocycles. The average Bonchev–Trinajstić information content (AvgIpc) is 3.04. The first kappa shape index (κ1) is 12.7. The van der Waals surface area contributed by atoms with Crippen molar-refractivity contribution in [1.29, 1.82) is 0 Å². The summed E-state index contributed by atoms with van der Waals surface area (Å²) in [4.78, 5) is 19.2. The Morgan fingerprint density at radius 3 is 2.79 bits per heavy atom. The number of rotatable bonds is 4. The number of nitrogens with zero attached hydrogens (tertiary/aromatic N) is 1. The fourth-order valence-electron chi connectivity index (χ4n) is 2.92. The number of hydrogen-bond donors (Lipinski definition) is 2. The van der Waals surface area contributed by atoms with E-state index in [9.17, 15) is 4.79 Å². The molecular formula is C14H21N3O2. The van der Waals surface area contributed by atoms with Crippen LogP contribution in [0.25, 0.3) is 0 Å². The lowest BCUT2D eigenvalue weighted by molar-refractivity contribution is 0.0436. The zero-order valence-electron chi connectivity index (χ0n) is 11.2. The highest BCUT2D eigenvalue weighted by Crippen LogP contribution is 2.36. The molecule has 0 bridgehead atoms. The third-order valence-corrected chi connectivity index (χ3v) is 4.44. The maximum absolute atomic E-state index is 11.9. The first-order chi connectivity index (χ1) is 9.17. The van der Waals surface area contributed by atoms with Crippen molar-refractivity contribution in [2.75, 3.05) is 6.61 Å². The van der Waals surface area contributed by atoms with E-state index in [2.05, 4.69) is 9.97 Å². The van der Waals surface area contributed by atoms with Crippen molar-refractivity contribution < 1.29 is 9.53 Å². The summed E-state index contributed by atoms with van der Waals surface area (Å²) in [5.41, 5.74) is 6.23. The number of esters is 1. The van der Waals surface area contributed by atoms with Crippen LogP contribution in [0.2, 0.25) is 0 Å². The maximum atomic E-state index is 11.9. The largest absolute Gasteiger partial charge is 0.461 e. The smallest absolute Gasteiger partial charge is 0.356 e. The van der Waals surface area contributed by atoms with Crippen LogP contribution >= 0.6 is 0 Å². The minimum Gasteiger partial charge on any atom is -0.461 e. The highest BCUT2D eigenvalue weighted by atomic mass is 16.5. The molecule has 2 aliphatic carbocycles. The number of nitrogens with one attached hydrogen (secondary N) is 1. The van der Waals surface area contributed by atoms with Gasteiger partial charge < -0.3 is 15.5 Å². The van der Waals surface area contributed by atoms with E-state index in [1.54, 1.807) is 6.20 Å². The summed E-state index contributed by atoms with van der Waals surface area (Å²) in [6, 6.07) is 0. The molecule has 5 nitrogen and oxygen atoms in total. The van der Waals surface area contributed by atoms with Crippen molar-refractivity contribution in [2.24, 2.45) is 11.7 Å². The number of imidazole rings is 1. The van der Waals surface area contributed by atoms with Crippen molar-refractivity contribution in [3.05, 3.63) is 17.7 Å². The minimum absolute atomic E-state index is 0.312. The summed E-state index contributed by atoms with van der Waals surface area (Å²) in [6.45, 7) is 0.529. The lowest BCUT2D eigenvalue weighted by atomic mass is 9.77. The Morgan fingerprint density at radius 1 is 1.42 bits per heavy atom. The van der Waals surface area contributed by atoms with Gasteiger partial charge in [-0.25, -0.2) is 9.78 Å². The van der Waals surface area contributed by atoms with E-state index < -0.39 is 0 Å². The molecule has 104 valence electrons. The Hall–Kier alpha value is -1.36. The minimum atomic E-state index is -0.357. The molecule has 3 rings (SSSR count). The molecule has 1 aromatic rings. The van der Waals surface area contributed by atoms with Gasteiger partial charge in [0.25, 0.3) is 0 Å². The van der Waals surface area contributed by atoms with Crippen molar-refractivity contribution in [3.8, 4) is 0 Å². The van der Waals surface area contributed by atoms with E-state index in [4.69, 9.17) is 10.5 Å². The number of aromatic nitrogens is 2. The molecule has 0 radical (unpaired) electrons. The summed E-state index contributed by atoms with van der Waals surface area (Å²) in [5.74, 6) is 0.943. The topological polar surface area (TPSA) is 81.0 Å². The summed E-state index contributed by atoms with van der Waals surface area (Å²) >= 11 is 0. The number of carbonyl (C=O) groups is 1. The lowest BCUT2D eigenvalue weighted by Crippen LogP contribution is -2.44.